The summed E-state index contributed by atoms with van der Waals surface area (Å²) in [6.07, 6.45) is 1.80. The van der Waals surface area contributed by atoms with Gasteiger partial charge in [0, 0.05) is 43.6 Å². The molecule has 2 aromatic carbocycles. The van der Waals surface area contributed by atoms with Gasteiger partial charge in [-0.15, -0.1) is 0 Å². The highest BCUT2D eigenvalue weighted by molar-refractivity contribution is 6.05. The van der Waals surface area contributed by atoms with Crippen LogP contribution >= 0.6 is 0 Å². The number of hydrogen-bond acceptors (Lipinski definition) is 6. The lowest BCUT2D eigenvalue weighted by Crippen LogP contribution is -2.53. The number of para-hydroxylation sites is 2. The van der Waals surface area contributed by atoms with E-state index in [1.54, 1.807) is 49.7 Å². The van der Waals surface area contributed by atoms with Crippen molar-refractivity contribution in [1.82, 2.24) is 9.88 Å². The van der Waals surface area contributed by atoms with E-state index in [1.165, 1.54) is 0 Å². The Morgan fingerprint density at radius 1 is 0.912 bits per heavy atom. The van der Waals surface area contributed by atoms with Gasteiger partial charge in [-0.2, -0.15) is 0 Å². The van der Waals surface area contributed by atoms with E-state index in [0.29, 0.717) is 22.7 Å². The number of aromatic nitrogens is 1. The molecule has 3 aromatic rings. The Labute approximate surface area is 199 Å². The normalized spacial score (nSPS) is 14.8. The number of pyridine rings is 1. The van der Waals surface area contributed by atoms with Crippen LogP contribution < -0.4 is 20.3 Å². The molecule has 2 N–H and O–H groups in total. The van der Waals surface area contributed by atoms with E-state index in [9.17, 15) is 9.59 Å². The second-order valence-electron chi connectivity index (χ2n) is 8.11. The van der Waals surface area contributed by atoms with Crippen molar-refractivity contribution in [2.24, 2.45) is 0 Å². The van der Waals surface area contributed by atoms with Crippen LogP contribution in [0.25, 0.3) is 0 Å². The summed E-state index contributed by atoms with van der Waals surface area (Å²) in [5.41, 5.74) is 1.74. The molecule has 34 heavy (non-hydrogen) atoms. The van der Waals surface area contributed by atoms with Gasteiger partial charge in [0.15, 0.2) is 0 Å². The maximum absolute atomic E-state index is 12.8. The lowest BCUT2D eigenvalue weighted by atomic mass is 10.1. The minimum Gasteiger partial charge on any atom is -0.495 e. The Kier molecular flexibility index (Phi) is 7.39. The summed E-state index contributed by atoms with van der Waals surface area (Å²) >= 11 is 0. The highest BCUT2D eigenvalue weighted by atomic mass is 16.5. The molecule has 8 heteroatoms. The third-order valence-corrected chi connectivity index (χ3v) is 5.98. The minimum atomic E-state index is -0.264. The van der Waals surface area contributed by atoms with E-state index in [1.807, 2.05) is 37.3 Å². The van der Waals surface area contributed by atoms with Crippen LogP contribution in [0.3, 0.4) is 0 Å². The summed E-state index contributed by atoms with van der Waals surface area (Å²) in [7, 11) is 1.56. The molecule has 8 nitrogen and oxygen atoms in total. The molecule has 0 saturated carbocycles. The van der Waals surface area contributed by atoms with Crippen LogP contribution in [-0.4, -0.2) is 61.0 Å². The third kappa shape index (κ3) is 5.52. The quantitative estimate of drug-likeness (QED) is 0.563. The molecule has 1 atom stereocenters. The van der Waals surface area contributed by atoms with Crippen molar-refractivity contribution in [3.63, 3.8) is 0 Å². The molecule has 1 fully saturated rings. The van der Waals surface area contributed by atoms with Gasteiger partial charge >= 0.3 is 0 Å². The summed E-state index contributed by atoms with van der Waals surface area (Å²) in [5, 5.41) is 5.81. The highest BCUT2D eigenvalue weighted by Crippen LogP contribution is 2.24. The first-order valence-electron chi connectivity index (χ1n) is 11.3. The first-order valence-corrected chi connectivity index (χ1v) is 11.3. The lowest BCUT2D eigenvalue weighted by Gasteiger charge is -2.37. The Hall–Kier alpha value is -3.91. The average Bonchev–Trinajstić information content (AvgIpc) is 2.89. The van der Waals surface area contributed by atoms with E-state index in [0.717, 1.165) is 32.0 Å². The molecule has 2 heterocycles. The summed E-state index contributed by atoms with van der Waals surface area (Å²) < 4.78 is 5.27. The number of nitrogens with one attached hydrogen (secondary N) is 2. The number of nitrogens with zero attached hydrogens (tertiary/aromatic N) is 3. The number of carbonyl (C=O) groups is 2. The fourth-order valence-electron chi connectivity index (χ4n) is 3.94. The van der Waals surface area contributed by atoms with E-state index in [-0.39, 0.29) is 17.9 Å². The van der Waals surface area contributed by atoms with Gasteiger partial charge in [0.25, 0.3) is 5.91 Å². The topological polar surface area (TPSA) is 86.8 Å². The molecule has 1 aliphatic rings. The number of hydrogen-bond donors (Lipinski definition) is 2. The first-order chi connectivity index (χ1) is 16.5. The molecule has 1 aliphatic heterocycles. The molecule has 2 amide bonds. The van der Waals surface area contributed by atoms with Crippen LogP contribution in [0, 0.1) is 0 Å². The van der Waals surface area contributed by atoms with Gasteiger partial charge in [-0.1, -0.05) is 18.2 Å². The summed E-state index contributed by atoms with van der Waals surface area (Å²) in [4.78, 5) is 34.2. The highest BCUT2D eigenvalue weighted by Gasteiger charge is 2.26. The predicted molar refractivity (Wildman–Crippen MR) is 134 cm³/mol. The Bertz CT molecular complexity index is 1110. The molecule has 1 saturated heterocycles. The second-order valence-corrected chi connectivity index (χ2v) is 8.11. The monoisotopic (exact) mass is 459 g/mol. The van der Waals surface area contributed by atoms with Crippen molar-refractivity contribution in [3.05, 3.63) is 78.5 Å². The number of rotatable bonds is 7. The maximum atomic E-state index is 12.8. The van der Waals surface area contributed by atoms with Crippen molar-refractivity contribution in [3.8, 4) is 5.75 Å². The van der Waals surface area contributed by atoms with Gasteiger partial charge in [0.1, 0.15) is 11.6 Å². The number of methoxy groups -OCH3 is 1. The number of piperazine rings is 1. The largest absolute Gasteiger partial charge is 0.495 e. The molecule has 4 rings (SSSR count). The van der Waals surface area contributed by atoms with Crippen LogP contribution in [-0.2, 0) is 4.79 Å². The average molecular weight is 460 g/mol. The molecular formula is C26H29N5O3. The van der Waals surface area contributed by atoms with Crippen LogP contribution in [0.15, 0.2) is 72.9 Å². The SMILES string of the molecule is COc1ccccc1NC(=O)c1ccc(NC(=O)[C@@H](C)N2CCN(c3ccccn3)CC2)cc1. The molecule has 0 radical (unpaired) electrons. The predicted octanol–water partition coefficient (Wildman–Crippen LogP) is 3.49. The minimum absolute atomic E-state index is 0.0718. The molecular weight excluding hydrogens is 430 g/mol. The smallest absolute Gasteiger partial charge is 0.255 e. The summed E-state index contributed by atoms with van der Waals surface area (Å²) in [6, 6.07) is 19.7. The number of amides is 2. The zero-order valence-electron chi connectivity index (χ0n) is 19.4. The van der Waals surface area contributed by atoms with Gasteiger partial charge in [-0.05, 0) is 55.5 Å². The van der Waals surface area contributed by atoms with Crippen molar-refractivity contribution in [2.75, 3.05) is 48.8 Å². The van der Waals surface area contributed by atoms with Gasteiger partial charge in [-0.25, -0.2) is 4.98 Å². The molecule has 0 aliphatic carbocycles. The lowest BCUT2D eigenvalue weighted by molar-refractivity contribution is -0.120. The van der Waals surface area contributed by atoms with E-state index >= 15 is 0 Å². The number of carbonyl (C=O) groups excluding carboxylic acids is 2. The van der Waals surface area contributed by atoms with Crippen molar-refractivity contribution >= 4 is 29.0 Å². The van der Waals surface area contributed by atoms with Crippen LogP contribution in [0.2, 0.25) is 0 Å². The van der Waals surface area contributed by atoms with Gasteiger partial charge in [0.2, 0.25) is 5.91 Å². The van der Waals surface area contributed by atoms with Crippen molar-refractivity contribution in [1.29, 1.82) is 0 Å². The van der Waals surface area contributed by atoms with Gasteiger partial charge < -0.3 is 20.3 Å². The Balaban J connectivity index is 1.30. The van der Waals surface area contributed by atoms with Crippen LogP contribution in [0.1, 0.15) is 17.3 Å². The number of ether oxygens (including phenoxy) is 1. The fourth-order valence-corrected chi connectivity index (χ4v) is 3.94. The van der Waals surface area contributed by atoms with E-state index in [2.05, 4.69) is 25.4 Å². The molecule has 0 bridgehead atoms. The zero-order valence-corrected chi connectivity index (χ0v) is 19.4. The Morgan fingerprint density at radius 2 is 1.62 bits per heavy atom. The third-order valence-electron chi connectivity index (χ3n) is 5.98. The molecule has 1 aromatic heterocycles. The first kappa shape index (κ1) is 23.3. The van der Waals surface area contributed by atoms with Crippen molar-refractivity contribution in [2.45, 2.75) is 13.0 Å². The van der Waals surface area contributed by atoms with Gasteiger partial charge in [-0.3, -0.25) is 14.5 Å². The maximum Gasteiger partial charge on any atom is 0.255 e. The fraction of sp³-hybridized carbons (Fsp3) is 0.269. The van der Waals surface area contributed by atoms with Crippen LogP contribution in [0.4, 0.5) is 17.2 Å². The van der Waals surface area contributed by atoms with Crippen LogP contribution in [0.5, 0.6) is 5.75 Å². The molecule has 176 valence electrons. The second kappa shape index (κ2) is 10.8. The van der Waals surface area contributed by atoms with E-state index in [4.69, 9.17) is 4.74 Å². The number of benzene rings is 2. The zero-order chi connectivity index (χ0) is 23.9. The van der Waals surface area contributed by atoms with E-state index < -0.39 is 0 Å². The molecule has 0 spiro atoms. The summed E-state index contributed by atoms with van der Waals surface area (Å²) in [5.74, 6) is 1.24. The van der Waals surface area contributed by atoms with Crippen molar-refractivity contribution < 1.29 is 14.3 Å². The standard InChI is InChI=1S/C26H29N5O3/c1-19(30-15-17-31(18-16-30)24-9-5-6-14-27-24)25(32)28-21-12-10-20(11-13-21)26(33)29-22-7-3-4-8-23(22)34-2/h3-14,19H,15-18H2,1-2H3,(H,28,32)(H,29,33)/t19-/m1/s1. The van der Waals surface area contributed by atoms with Gasteiger partial charge in [0.05, 0.1) is 18.8 Å². The molecule has 0 unspecified atom stereocenters. The number of anilines is 3. The Morgan fingerprint density at radius 3 is 2.29 bits per heavy atom. The summed E-state index contributed by atoms with van der Waals surface area (Å²) in [6.45, 7) is 5.14.